The molecule has 0 saturated heterocycles. The van der Waals surface area contributed by atoms with E-state index in [-0.39, 0.29) is 17.3 Å². The minimum Gasteiger partial charge on any atom is -0.354 e. The number of carbonyl (C=O) groups excluding carboxylic acids is 2. The predicted molar refractivity (Wildman–Crippen MR) is 157 cm³/mol. The van der Waals surface area contributed by atoms with Crippen molar-refractivity contribution in [3.63, 3.8) is 0 Å². The van der Waals surface area contributed by atoms with E-state index in [9.17, 15) is 18.0 Å². The van der Waals surface area contributed by atoms with Crippen molar-refractivity contribution in [3.8, 4) is 0 Å². The number of anilines is 1. The Balaban J connectivity index is 2.07. The van der Waals surface area contributed by atoms with Crippen LogP contribution in [0.15, 0.2) is 71.6 Å². The molecule has 0 aliphatic heterocycles. The van der Waals surface area contributed by atoms with Crippen LogP contribution in [-0.4, -0.2) is 44.3 Å². The van der Waals surface area contributed by atoms with Gasteiger partial charge in [-0.05, 0) is 74.2 Å². The van der Waals surface area contributed by atoms with Crippen molar-refractivity contribution >= 4 is 50.7 Å². The molecule has 0 unspecified atom stereocenters. The summed E-state index contributed by atoms with van der Waals surface area (Å²) in [6.45, 7) is 7.11. The largest absolute Gasteiger partial charge is 0.354 e. The van der Waals surface area contributed by atoms with Gasteiger partial charge in [0.25, 0.3) is 10.0 Å². The lowest BCUT2D eigenvalue weighted by Gasteiger charge is -2.32. The third-order valence-electron chi connectivity index (χ3n) is 6.32. The molecule has 0 fully saturated rings. The third-order valence-corrected chi connectivity index (χ3v) is 8.68. The maximum Gasteiger partial charge on any atom is 0.264 e. The fourth-order valence-corrected chi connectivity index (χ4v) is 5.99. The summed E-state index contributed by atoms with van der Waals surface area (Å²) in [6.07, 6.45) is 0.727. The summed E-state index contributed by atoms with van der Waals surface area (Å²) in [7, 11) is -4.13. The van der Waals surface area contributed by atoms with Crippen LogP contribution in [0.5, 0.6) is 0 Å². The number of halogens is 2. The van der Waals surface area contributed by atoms with Crippen LogP contribution in [0.4, 0.5) is 5.69 Å². The van der Waals surface area contributed by atoms with Crippen LogP contribution in [0.1, 0.15) is 37.0 Å². The first-order valence-electron chi connectivity index (χ1n) is 12.6. The average molecular weight is 591 g/mol. The maximum atomic E-state index is 14.0. The highest BCUT2D eigenvalue weighted by Crippen LogP contribution is 2.29. The molecule has 1 atom stereocenters. The van der Waals surface area contributed by atoms with Crippen molar-refractivity contribution in [2.45, 2.75) is 51.6 Å². The van der Waals surface area contributed by atoms with E-state index >= 15 is 0 Å². The Bertz CT molecular complexity index is 1430. The molecule has 0 bridgehead atoms. The van der Waals surface area contributed by atoms with E-state index in [0.717, 1.165) is 16.3 Å². The van der Waals surface area contributed by atoms with Gasteiger partial charge in [0.2, 0.25) is 11.8 Å². The zero-order valence-corrected chi connectivity index (χ0v) is 24.8. The van der Waals surface area contributed by atoms with Crippen molar-refractivity contribution in [2.24, 2.45) is 0 Å². The molecule has 0 saturated carbocycles. The van der Waals surface area contributed by atoms with Gasteiger partial charge in [-0.3, -0.25) is 13.9 Å². The molecule has 2 amide bonds. The summed E-state index contributed by atoms with van der Waals surface area (Å²) in [5, 5.41) is 3.59. The molecular formula is C29H33Cl2N3O4S. The van der Waals surface area contributed by atoms with Crippen LogP contribution in [0.2, 0.25) is 10.0 Å². The van der Waals surface area contributed by atoms with Gasteiger partial charge in [0, 0.05) is 23.1 Å². The van der Waals surface area contributed by atoms with E-state index in [1.165, 1.54) is 17.0 Å². The predicted octanol–water partition coefficient (Wildman–Crippen LogP) is 5.75. The molecule has 7 nitrogen and oxygen atoms in total. The third kappa shape index (κ3) is 7.53. The lowest BCUT2D eigenvalue weighted by atomic mass is 10.1. The fraction of sp³-hybridized carbons (Fsp3) is 0.310. The van der Waals surface area contributed by atoms with Crippen molar-refractivity contribution < 1.29 is 18.0 Å². The molecule has 10 heteroatoms. The van der Waals surface area contributed by atoms with Crippen LogP contribution in [-0.2, 0) is 26.2 Å². The molecular weight excluding hydrogens is 557 g/mol. The van der Waals surface area contributed by atoms with Crippen molar-refractivity contribution in [2.75, 3.05) is 17.4 Å². The molecule has 0 aliphatic carbocycles. The highest BCUT2D eigenvalue weighted by atomic mass is 35.5. The number of hydrogen-bond donors (Lipinski definition) is 1. The SMILES string of the molecule is CCCNC(=O)[C@H](C)N(Cc1ccc(Cl)cc1Cl)C(=O)CN(c1cc(C)ccc1C)S(=O)(=O)c1ccccc1. The first-order chi connectivity index (χ1) is 18.4. The second-order valence-electron chi connectivity index (χ2n) is 9.34. The van der Waals surface area contributed by atoms with Crippen LogP contribution in [0.25, 0.3) is 0 Å². The first-order valence-corrected chi connectivity index (χ1v) is 14.8. The molecule has 0 aliphatic rings. The number of hydrogen-bond acceptors (Lipinski definition) is 4. The summed E-state index contributed by atoms with van der Waals surface area (Å²) in [5.74, 6) is -0.903. The molecule has 0 heterocycles. The average Bonchev–Trinajstić information content (AvgIpc) is 2.91. The number of amides is 2. The molecule has 0 aromatic heterocycles. The van der Waals surface area contributed by atoms with E-state index in [2.05, 4.69) is 5.32 Å². The minimum atomic E-state index is -4.13. The van der Waals surface area contributed by atoms with Gasteiger partial charge in [-0.1, -0.05) is 66.5 Å². The number of benzene rings is 3. The van der Waals surface area contributed by atoms with E-state index in [1.807, 2.05) is 26.0 Å². The molecule has 0 radical (unpaired) electrons. The number of carbonyl (C=O) groups is 2. The highest BCUT2D eigenvalue weighted by molar-refractivity contribution is 7.92. The minimum absolute atomic E-state index is 0.0123. The molecule has 3 aromatic rings. The quantitative estimate of drug-likeness (QED) is 0.308. The molecule has 0 spiro atoms. The summed E-state index contributed by atoms with van der Waals surface area (Å²) in [6, 6.07) is 17.4. The monoisotopic (exact) mass is 589 g/mol. The summed E-state index contributed by atoms with van der Waals surface area (Å²) in [5.41, 5.74) is 2.50. The van der Waals surface area contributed by atoms with Crippen LogP contribution < -0.4 is 9.62 Å². The molecule has 1 N–H and O–H groups in total. The van der Waals surface area contributed by atoms with Gasteiger partial charge in [-0.15, -0.1) is 0 Å². The zero-order chi connectivity index (χ0) is 28.7. The van der Waals surface area contributed by atoms with Gasteiger partial charge in [-0.2, -0.15) is 0 Å². The van der Waals surface area contributed by atoms with Crippen LogP contribution in [0.3, 0.4) is 0 Å². The first kappa shape index (κ1) is 30.5. The molecule has 3 rings (SSSR count). The van der Waals surface area contributed by atoms with Gasteiger partial charge in [0.15, 0.2) is 0 Å². The highest BCUT2D eigenvalue weighted by Gasteiger charge is 2.33. The standard InChI is InChI=1S/C29H33Cl2N3O4S/c1-5-15-32-29(36)22(4)33(18-23-13-14-24(30)17-26(23)31)28(35)19-34(27-16-20(2)11-12-21(27)3)39(37,38)25-9-7-6-8-10-25/h6-14,16-17,22H,5,15,18-19H2,1-4H3,(H,32,36)/t22-/m0/s1. The Morgan fingerprint density at radius 2 is 1.67 bits per heavy atom. The number of nitrogens with one attached hydrogen (secondary N) is 1. The van der Waals surface area contributed by atoms with Crippen LogP contribution in [0, 0.1) is 13.8 Å². The fourth-order valence-electron chi connectivity index (χ4n) is 4.03. The van der Waals surface area contributed by atoms with Crippen molar-refractivity contribution in [1.82, 2.24) is 10.2 Å². The Kier molecular flexibility index (Phi) is 10.4. The lowest BCUT2D eigenvalue weighted by molar-refractivity contribution is -0.139. The number of aryl methyl sites for hydroxylation is 2. The summed E-state index contributed by atoms with van der Waals surface area (Å²) >= 11 is 12.5. The molecule has 3 aromatic carbocycles. The zero-order valence-electron chi connectivity index (χ0n) is 22.4. The number of rotatable bonds is 11. The Labute approximate surface area is 240 Å². The Morgan fingerprint density at radius 3 is 2.31 bits per heavy atom. The lowest BCUT2D eigenvalue weighted by Crippen LogP contribution is -2.51. The summed E-state index contributed by atoms with van der Waals surface area (Å²) in [4.78, 5) is 28.3. The second-order valence-corrected chi connectivity index (χ2v) is 12.0. The van der Waals surface area contributed by atoms with Gasteiger partial charge in [0.1, 0.15) is 12.6 Å². The number of nitrogens with zero attached hydrogens (tertiary/aromatic N) is 2. The van der Waals surface area contributed by atoms with Gasteiger partial charge >= 0.3 is 0 Å². The van der Waals surface area contributed by atoms with Crippen molar-refractivity contribution in [1.29, 1.82) is 0 Å². The molecule has 208 valence electrons. The van der Waals surface area contributed by atoms with Gasteiger partial charge in [-0.25, -0.2) is 8.42 Å². The summed E-state index contributed by atoms with van der Waals surface area (Å²) < 4.78 is 28.9. The van der Waals surface area contributed by atoms with E-state index < -0.39 is 28.5 Å². The Hall–Kier alpha value is -3.07. The second kappa shape index (κ2) is 13.3. The van der Waals surface area contributed by atoms with E-state index in [0.29, 0.717) is 33.4 Å². The van der Waals surface area contributed by atoms with Gasteiger partial charge in [0.05, 0.1) is 10.6 Å². The Morgan fingerprint density at radius 1 is 0.974 bits per heavy atom. The van der Waals surface area contributed by atoms with Crippen molar-refractivity contribution in [3.05, 3.63) is 93.5 Å². The van der Waals surface area contributed by atoms with Crippen LogP contribution >= 0.6 is 23.2 Å². The van der Waals surface area contributed by atoms with Gasteiger partial charge < -0.3 is 10.2 Å². The molecule has 39 heavy (non-hydrogen) atoms. The van der Waals surface area contributed by atoms with E-state index in [4.69, 9.17) is 23.2 Å². The number of sulfonamides is 1. The van der Waals surface area contributed by atoms with E-state index in [1.54, 1.807) is 56.3 Å². The smallest absolute Gasteiger partial charge is 0.264 e. The maximum absolute atomic E-state index is 14.0. The topological polar surface area (TPSA) is 86.8 Å². The normalized spacial score (nSPS) is 12.1.